The highest BCUT2D eigenvalue weighted by molar-refractivity contribution is 7.90. The maximum Gasteiger partial charge on any atom is 0.151 e. The lowest BCUT2D eigenvalue weighted by Crippen LogP contribution is -2.10. The van der Waals surface area contributed by atoms with Crippen molar-refractivity contribution < 1.29 is 12.8 Å². The van der Waals surface area contributed by atoms with Crippen molar-refractivity contribution in [2.45, 2.75) is 25.3 Å². The summed E-state index contributed by atoms with van der Waals surface area (Å²) in [6, 6.07) is 4.71. The standard InChI is InChI=1S/C13H16ClFN2O2S/c1-9(14)13-16-12-10(15)5-3-6-11(12)17(13)7-4-8-20(2,18)19/h3,5-6,9H,4,7-8H2,1-2H3. The molecule has 0 aliphatic rings. The van der Waals surface area contributed by atoms with Crippen LogP contribution in [0.1, 0.15) is 24.5 Å². The molecule has 0 amide bonds. The van der Waals surface area contributed by atoms with Crippen LogP contribution in [0.3, 0.4) is 0 Å². The summed E-state index contributed by atoms with van der Waals surface area (Å²) in [5.41, 5.74) is 0.912. The van der Waals surface area contributed by atoms with E-state index in [-0.39, 0.29) is 16.6 Å². The van der Waals surface area contributed by atoms with Gasteiger partial charge in [-0.05, 0) is 25.5 Å². The molecular formula is C13H16ClFN2O2S. The van der Waals surface area contributed by atoms with Crippen LogP contribution in [0.5, 0.6) is 0 Å². The average molecular weight is 319 g/mol. The smallest absolute Gasteiger partial charge is 0.151 e. The molecule has 0 N–H and O–H groups in total. The highest BCUT2D eigenvalue weighted by Gasteiger charge is 2.17. The fraction of sp³-hybridized carbons (Fsp3) is 0.462. The fourth-order valence-corrected chi connectivity index (χ4v) is 2.97. The third-order valence-corrected chi connectivity index (χ3v) is 4.24. The van der Waals surface area contributed by atoms with Crippen molar-refractivity contribution in [2.24, 2.45) is 0 Å². The molecule has 1 aromatic carbocycles. The number of benzene rings is 1. The summed E-state index contributed by atoms with van der Waals surface area (Å²) in [6.07, 6.45) is 1.64. The van der Waals surface area contributed by atoms with E-state index in [2.05, 4.69) is 4.98 Å². The van der Waals surface area contributed by atoms with Crippen molar-refractivity contribution in [1.82, 2.24) is 9.55 Å². The van der Waals surface area contributed by atoms with Crippen LogP contribution in [-0.4, -0.2) is 30.0 Å². The Balaban J connectivity index is 2.39. The Kier molecular flexibility index (Phi) is 4.34. The van der Waals surface area contributed by atoms with Gasteiger partial charge >= 0.3 is 0 Å². The molecule has 7 heteroatoms. The van der Waals surface area contributed by atoms with Crippen LogP contribution in [0.2, 0.25) is 0 Å². The molecule has 0 saturated carbocycles. The molecule has 1 heterocycles. The van der Waals surface area contributed by atoms with Crippen LogP contribution in [0, 0.1) is 5.82 Å². The summed E-state index contributed by atoms with van der Waals surface area (Å²) in [5.74, 6) is 0.237. The summed E-state index contributed by atoms with van der Waals surface area (Å²) in [6.45, 7) is 2.20. The first kappa shape index (κ1) is 15.3. The largest absolute Gasteiger partial charge is 0.327 e. The lowest BCUT2D eigenvalue weighted by Gasteiger charge is -2.10. The number of nitrogens with zero attached hydrogens (tertiary/aromatic N) is 2. The molecule has 2 rings (SSSR count). The SMILES string of the molecule is CC(Cl)c1nc2c(F)cccc2n1CCCS(C)(=O)=O. The molecule has 0 bridgehead atoms. The van der Waals surface area contributed by atoms with E-state index in [1.807, 2.05) is 0 Å². The third-order valence-electron chi connectivity index (χ3n) is 3.01. The third kappa shape index (κ3) is 3.30. The van der Waals surface area contributed by atoms with Crippen LogP contribution < -0.4 is 0 Å². The summed E-state index contributed by atoms with van der Waals surface area (Å²) < 4.78 is 37.9. The van der Waals surface area contributed by atoms with Gasteiger partial charge in [0.25, 0.3) is 0 Å². The van der Waals surface area contributed by atoms with Gasteiger partial charge in [0.15, 0.2) is 5.82 Å². The van der Waals surface area contributed by atoms with Gasteiger partial charge in [0, 0.05) is 12.8 Å². The Hall–Kier alpha value is -1.14. The summed E-state index contributed by atoms with van der Waals surface area (Å²) in [7, 11) is -3.01. The minimum Gasteiger partial charge on any atom is -0.327 e. The van der Waals surface area contributed by atoms with Crippen LogP contribution in [0.25, 0.3) is 11.0 Å². The van der Waals surface area contributed by atoms with Crippen LogP contribution in [0.15, 0.2) is 18.2 Å². The lowest BCUT2D eigenvalue weighted by molar-refractivity contribution is 0.590. The number of imidazole rings is 1. The van der Waals surface area contributed by atoms with Gasteiger partial charge in [-0.15, -0.1) is 11.6 Å². The van der Waals surface area contributed by atoms with Crippen molar-refractivity contribution >= 4 is 32.5 Å². The fourth-order valence-electron chi connectivity index (χ4n) is 2.15. The van der Waals surface area contributed by atoms with Crippen molar-refractivity contribution in [2.75, 3.05) is 12.0 Å². The Bertz CT molecular complexity index is 725. The monoisotopic (exact) mass is 318 g/mol. The first-order chi connectivity index (χ1) is 9.29. The average Bonchev–Trinajstić information content (AvgIpc) is 2.68. The molecule has 2 aromatic rings. The molecule has 1 atom stereocenters. The Morgan fingerprint density at radius 3 is 2.75 bits per heavy atom. The quantitative estimate of drug-likeness (QED) is 0.796. The van der Waals surface area contributed by atoms with E-state index in [1.54, 1.807) is 23.6 Å². The minimum absolute atomic E-state index is 0.0814. The number of rotatable bonds is 5. The summed E-state index contributed by atoms with van der Waals surface area (Å²) in [5, 5.41) is -0.375. The number of aromatic nitrogens is 2. The summed E-state index contributed by atoms with van der Waals surface area (Å²) >= 11 is 6.08. The van der Waals surface area contributed by atoms with Gasteiger partial charge in [0.05, 0.1) is 16.6 Å². The molecule has 4 nitrogen and oxygen atoms in total. The minimum atomic E-state index is -3.01. The van der Waals surface area contributed by atoms with E-state index in [9.17, 15) is 12.8 Å². The maximum absolute atomic E-state index is 13.7. The van der Waals surface area contributed by atoms with Gasteiger partial charge < -0.3 is 4.57 Å². The Labute approximate surface area is 122 Å². The zero-order valence-electron chi connectivity index (χ0n) is 11.3. The number of halogens is 2. The molecule has 110 valence electrons. The number of para-hydroxylation sites is 1. The van der Waals surface area contributed by atoms with E-state index in [0.29, 0.717) is 24.3 Å². The predicted octanol–water partition coefficient (Wildman–Crippen LogP) is 2.91. The molecular weight excluding hydrogens is 303 g/mol. The van der Waals surface area contributed by atoms with Gasteiger partial charge in [-0.25, -0.2) is 17.8 Å². The number of sulfone groups is 1. The van der Waals surface area contributed by atoms with E-state index in [0.717, 1.165) is 0 Å². The van der Waals surface area contributed by atoms with E-state index in [4.69, 9.17) is 11.6 Å². The molecule has 0 saturated heterocycles. The van der Waals surface area contributed by atoms with Crippen molar-refractivity contribution in [3.63, 3.8) is 0 Å². The van der Waals surface area contributed by atoms with Crippen LogP contribution in [-0.2, 0) is 16.4 Å². The van der Waals surface area contributed by atoms with E-state index >= 15 is 0 Å². The van der Waals surface area contributed by atoms with Gasteiger partial charge in [0.1, 0.15) is 21.2 Å². The Morgan fingerprint density at radius 1 is 1.45 bits per heavy atom. The zero-order valence-corrected chi connectivity index (χ0v) is 12.9. The van der Waals surface area contributed by atoms with Gasteiger partial charge in [0.2, 0.25) is 0 Å². The first-order valence-electron chi connectivity index (χ1n) is 6.26. The van der Waals surface area contributed by atoms with Crippen LogP contribution in [0.4, 0.5) is 4.39 Å². The molecule has 20 heavy (non-hydrogen) atoms. The highest BCUT2D eigenvalue weighted by atomic mass is 35.5. The molecule has 1 aromatic heterocycles. The second-order valence-electron chi connectivity index (χ2n) is 4.83. The second kappa shape index (κ2) is 5.69. The topological polar surface area (TPSA) is 52.0 Å². The number of fused-ring (bicyclic) bond motifs is 1. The number of alkyl halides is 1. The zero-order chi connectivity index (χ0) is 14.9. The molecule has 0 radical (unpaired) electrons. The van der Waals surface area contributed by atoms with Crippen molar-refractivity contribution in [1.29, 1.82) is 0 Å². The van der Waals surface area contributed by atoms with Gasteiger partial charge in [-0.2, -0.15) is 0 Å². The Morgan fingerprint density at radius 2 is 2.15 bits per heavy atom. The van der Waals surface area contributed by atoms with E-state index < -0.39 is 15.7 Å². The van der Waals surface area contributed by atoms with Crippen LogP contribution >= 0.6 is 11.6 Å². The number of hydrogen-bond donors (Lipinski definition) is 0. The second-order valence-corrected chi connectivity index (χ2v) is 7.74. The maximum atomic E-state index is 13.7. The number of hydrogen-bond acceptors (Lipinski definition) is 3. The number of aryl methyl sites for hydroxylation is 1. The lowest BCUT2D eigenvalue weighted by atomic mass is 10.3. The molecule has 1 unspecified atom stereocenters. The predicted molar refractivity (Wildman–Crippen MR) is 78.3 cm³/mol. The first-order valence-corrected chi connectivity index (χ1v) is 8.76. The summed E-state index contributed by atoms with van der Waals surface area (Å²) in [4.78, 5) is 4.23. The molecule has 0 aliphatic carbocycles. The van der Waals surface area contributed by atoms with E-state index in [1.165, 1.54) is 12.3 Å². The van der Waals surface area contributed by atoms with Crippen molar-refractivity contribution in [3.8, 4) is 0 Å². The normalized spacial score (nSPS) is 13.8. The van der Waals surface area contributed by atoms with Gasteiger partial charge in [-0.1, -0.05) is 6.07 Å². The molecule has 0 spiro atoms. The van der Waals surface area contributed by atoms with Crippen molar-refractivity contribution in [3.05, 3.63) is 29.8 Å². The highest BCUT2D eigenvalue weighted by Crippen LogP contribution is 2.26. The van der Waals surface area contributed by atoms with Gasteiger partial charge in [-0.3, -0.25) is 0 Å². The molecule has 0 aliphatic heterocycles. The molecule has 0 fully saturated rings.